The Kier molecular flexibility index (Phi) is 6.69. The van der Waals surface area contributed by atoms with Gasteiger partial charge in [-0.2, -0.15) is 0 Å². The third kappa shape index (κ3) is 5.08. The molecule has 1 amide bonds. The number of piperidine rings is 1. The third-order valence-corrected chi connectivity index (χ3v) is 5.11. The standard InChI is InChI=1S/C21H31N3O2/c1-16(2)26-13-5-10-22-21(25)15-24-11-8-17(9-12-24)19-14-23-20-7-4-3-6-18(19)20/h3-4,6-7,14,16-17,23H,5,8-13,15H2,1-2H3,(H,22,25). The number of aromatic amines is 1. The Morgan fingerprint density at radius 1 is 1.31 bits per heavy atom. The number of hydrogen-bond acceptors (Lipinski definition) is 3. The molecule has 1 saturated heterocycles. The van der Waals surface area contributed by atoms with Gasteiger partial charge in [0.15, 0.2) is 0 Å². The maximum absolute atomic E-state index is 12.1. The second kappa shape index (κ2) is 9.19. The molecule has 0 atom stereocenters. The van der Waals surface area contributed by atoms with Crippen LogP contribution in [-0.2, 0) is 9.53 Å². The summed E-state index contributed by atoms with van der Waals surface area (Å²) in [4.78, 5) is 17.7. The molecule has 1 aliphatic heterocycles. The van der Waals surface area contributed by atoms with Gasteiger partial charge in [0.2, 0.25) is 5.91 Å². The highest BCUT2D eigenvalue weighted by atomic mass is 16.5. The maximum Gasteiger partial charge on any atom is 0.234 e. The molecule has 1 aromatic heterocycles. The number of aromatic nitrogens is 1. The zero-order valence-corrected chi connectivity index (χ0v) is 16.0. The van der Waals surface area contributed by atoms with Crippen LogP contribution in [0.5, 0.6) is 0 Å². The van der Waals surface area contributed by atoms with E-state index in [9.17, 15) is 4.79 Å². The molecule has 1 fully saturated rings. The van der Waals surface area contributed by atoms with Gasteiger partial charge in [-0.05, 0) is 63.7 Å². The molecule has 0 bridgehead atoms. The number of ether oxygens (including phenoxy) is 1. The molecule has 0 unspecified atom stereocenters. The van der Waals surface area contributed by atoms with Crippen LogP contribution in [0.2, 0.25) is 0 Å². The number of para-hydroxylation sites is 1. The number of H-pyrrole nitrogens is 1. The SMILES string of the molecule is CC(C)OCCCNC(=O)CN1CCC(c2c[nH]c3ccccc23)CC1. The van der Waals surface area contributed by atoms with E-state index in [0.717, 1.165) is 32.4 Å². The largest absolute Gasteiger partial charge is 0.379 e. The number of hydrogen-bond donors (Lipinski definition) is 2. The average molecular weight is 357 g/mol. The summed E-state index contributed by atoms with van der Waals surface area (Å²) in [6, 6.07) is 8.50. The molecule has 142 valence electrons. The molecule has 0 saturated carbocycles. The molecule has 0 radical (unpaired) electrons. The molecular formula is C21H31N3O2. The molecule has 2 N–H and O–H groups in total. The molecule has 0 spiro atoms. The Labute approximate surface area is 156 Å². The molecule has 3 rings (SSSR count). The van der Waals surface area contributed by atoms with Gasteiger partial charge in [0.25, 0.3) is 0 Å². The average Bonchev–Trinajstić information content (AvgIpc) is 3.06. The minimum atomic E-state index is 0.125. The second-order valence-corrected chi connectivity index (χ2v) is 7.46. The fourth-order valence-corrected chi connectivity index (χ4v) is 3.71. The first-order chi connectivity index (χ1) is 12.6. The summed E-state index contributed by atoms with van der Waals surface area (Å²) >= 11 is 0. The van der Waals surface area contributed by atoms with Crippen molar-refractivity contribution in [3.8, 4) is 0 Å². The highest BCUT2D eigenvalue weighted by Crippen LogP contribution is 2.32. The van der Waals surface area contributed by atoms with E-state index in [4.69, 9.17) is 4.74 Å². The van der Waals surface area contributed by atoms with Gasteiger partial charge >= 0.3 is 0 Å². The van der Waals surface area contributed by atoms with E-state index in [2.05, 4.69) is 45.7 Å². The van der Waals surface area contributed by atoms with E-state index in [-0.39, 0.29) is 12.0 Å². The molecular weight excluding hydrogens is 326 g/mol. The smallest absolute Gasteiger partial charge is 0.234 e. The van der Waals surface area contributed by atoms with Crippen LogP contribution >= 0.6 is 0 Å². The van der Waals surface area contributed by atoms with Crippen molar-refractivity contribution in [3.63, 3.8) is 0 Å². The van der Waals surface area contributed by atoms with Crippen LogP contribution in [-0.4, -0.2) is 54.7 Å². The predicted octanol–water partition coefficient (Wildman–Crippen LogP) is 3.28. The number of benzene rings is 1. The number of fused-ring (bicyclic) bond motifs is 1. The van der Waals surface area contributed by atoms with Crippen LogP contribution in [0.4, 0.5) is 0 Å². The summed E-state index contributed by atoms with van der Waals surface area (Å²) in [6.45, 7) is 7.91. The van der Waals surface area contributed by atoms with Crippen molar-refractivity contribution in [1.29, 1.82) is 0 Å². The minimum absolute atomic E-state index is 0.125. The first-order valence-corrected chi connectivity index (χ1v) is 9.80. The van der Waals surface area contributed by atoms with Gasteiger partial charge in [-0.1, -0.05) is 18.2 Å². The molecule has 0 aliphatic carbocycles. The van der Waals surface area contributed by atoms with Crippen molar-refractivity contribution in [2.45, 2.75) is 45.1 Å². The number of amides is 1. The lowest BCUT2D eigenvalue weighted by Crippen LogP contribution is -2.41. The van der Waals surface area contributed by atoms with Crippen molar-refractivity contribution in [1.82, 2.24) is 15.2 Å². The molecule has 2 heterocycles. The van der Waals surface area contributed by atoms with Crippen molar-refractivity contribution < 1.29 is 9.53 Å². The molecule has 26 heavy (non-hydrogen) atoms. The van der Waals surface area contributed by atoms with Gasteiger partial charge in [0, 0.05) is 30.3 Å². The second-order valence-electron chi connectivity index (χ2n) is 7.46. The predicted molar refractivity (Wildman–Crippen MR) is 105 cm³/mol. The van der Waals surface area contributed by atoms with Gasteiger partial charge in [-0.15, -0.1) is 0 Å². The first-order valence-electron chi connectivity index (χ1n) is 9.80. The van der Waals surface area contributed by atoms with Crippen molar-refractivity contribution in [3.05, 3.63) is 36.0 Å². The number of carbonyl (C=O) groups excluding carboxylic acids is 1. The lowest BCUT2D eigenvalue weighted by molar-refractivity contribution is -0.122. The van der Waals surface area contributed by atoms with Crippen LogP contribution in [0, 0.1) is 0 Å². The van der Waals surface area contributed by atoms with E-state index in [1.54, 1.807) is 0 Å². The van der Waals surface area contributed by atoms with E-state index >= 15 is 0 Å². The highest BCUT2D eigenvalue weighted by molar-refractivity contribution is 5.83. The van der Waals surface area contributed by atoms with E-state index in [1.165, 1.54) is 16.5 Å². The summed E-state index contributed by atoms with van der Waals surface area (Å²) in [6.07, 6.45) is 5.50. The van der Waals surface area contributed by atoms with Gasteiger partial charge in [0.1, 0.15) is 0 Å². The van der Waals surface area contributed by atoms with E-state index in [0.29, 0.717) is 25.6 Å². The highest BCUT2D eigenvalue weighted by Gasteiger charge is 2.23. The number of nitrogens with one attached hydrogen (secondary N) is 2. The number of nitrogens with zero attached hydrogens (tertiary/aromatic N) is 1. The zero-order chi connectivity index (χ0) is 18.4. The van der Waals surface area contributed by atoms with E-state index < -0.39 is 0 Å². The van der Waals surface area contributed by atoms with Crippen molar-refractivity contribution >= 4 is 16.8 Å². The third-order valence-electron chi connectivity index (χ3n) is 5.11. The van der Waals surface area contributed by atoms with Crippen LogP contribution in [0.1, 0.15) is 44.6 Å². The lowest BCUT2D eigenvalue weighted by Gasteiger charge is -2.31. The summed E-state index contributed by atoms with van der Waals surface area (Å²) in [5.74, 6) is 0.707. The summed E-state index contributed by atoms with van der Waals surface area (Å²) < 4.78 is 5.49. The topological polar surface area (TPSA) is 57.4 Å². The summed E-state index contributed by atoms with van der Waals surface area (Å²) in [7, 11) is 0. The number of carbonyl (C=O) groups is 1. The normalized spacial score (nSPS) is 16.4. The minimum Gasteiger partial charge on any atom is -0.379 e. The van der Waals surface area contributed by atoms with Gasteiger partial charge in [-0.25, -0.2) is 0 Å². The van der Waals surface area contributed by atoms with Crippen molar-refractivity contribution in [2.24, 2.45) is 0 Å². The molecule has 1 aliphatic rings. The Bertz CT molecular complexity index is 702. The van der Waals surface area contributed by atoms with Crippen LogP contribution < -0.4 is 5.32 Å². The quantitative estimate of drug-likeness (QED) is 0.713. The maximum atomic E-state index is 12.1. The number of likely N-dealkylation sites (tertiary alicyclic amines) is 1. The molecule has 2 aromatic rings. The van der Waals surface area contributed by atoms with E-state index in [1.807, 2.05) is 13.8 Å². The fraction of sp³-hybridized carbons (Fsp3) is 0.571. The Morgan fingerprint density at radius 2 is 2.08 bits per heavy atom. The van der Waals surface area contributed by atoms with Crippen molar-refractivity contribution in [2.75, 3.05) is 32.8 Å². The summed E-state index contributed by atoms with van der Waals surface area (Å²) in [5.41, 5.74) is 2.64. The fourth-order valence-electron chi connectivity index (χ4n) is 3.71. The van der Waals surface area contributed by atoms with Crippen LogP contribution in [0.25, 0.3) is 10.9 Å². The molecule has 5 heteroatoms. The van der Waals surface area contributed by atoms with Gasteiger partial charge in [-0.3, -0.25) is 9.69 Å². The van der Waals surface area contributed by atoms with Gasteiger partial charge in [0.05, 0.1) is 12.6 Å². The number of rotatable bonds is 8. The Morgan fingerprint density at radius 3 is 2.85 bits per heavy atom. The first kappa shape index (κ1) is 18.9. The molecule has 1 aromatic carbocycles. The van der Waals surface area contributed by atoms with Gasteiger partial charge < -0.3 is 15.0 Å². The summed E-state index contributed by atoms with van der Waals surface area (Å²) in [5, 5.41) is 4.34. The monoisotopic (exact) mass is 357 g/mol. The zero-order valence-electron chi connectivity index (χ0n) is 16.0. The van der Waals surface area contributed by atoms with Crippen LogP contribution in [0.15, 0.2) is 30.5 Å². The Balaban J connectivity index is 1.39. The van der Waals surface area contributed by atoms with Crippen LogP contribution in [0.3, 0.4) is 0 Å². The molecule has 5 nitrogen and oxygen atoms in total. The Hall–Kier alpha value is -1.85. The lowest BCUT2D eigenvalue weighted by atomic mass is 9.89.